The van der Waals surface area contributed by atoms with Crippen molar-refractivity contribution in [1.29, 1.82) is 0 Å². The van der Waals surface area contributed by atoms with Crippen molar-refractivity contribution in [2.24, 2.45) is 0 Å². The number of para-hydroxylation sites is 2. The highest BCUT2D eigenvalue weighted by atomic mass is 32.2. The second kappa shape index (κ2) is 8.58. The normalized spacial score (nSPS) is 20.3. The van der Waals surface area contributed by atoms with E-state index in [0.29, 0.717) is 23.4 Å². The van der Waals surface area contributed by atoms with Crippen LogP contribution in [0.3, 0.4) is 0 Å². The van der Waals surface area contributed by atoms with Gasteiger partial charge in [-0.1, -0.05) is 37.3 Å². The minimum Gasteiger partial charge on any atom is -0.338 e. The number of sulfonamides is 1. The van der Waals surface area contributed by atoms with Crippen molar-refractivity contribution in [3.8, 4) is 0 Å². The quantitative estimate of drug-likeness (QED) is 0.691. The molecule has 0 unspecified atom stereocenters. The van der Waals surface area contributed by atoms with Crippen molar-refractivity contribution in [1.82, 2.24) is 4.90 Å². The zero-order chi connectivity index (χ0) is 23.0. The van der Waals surface area contributed by atoms with Gasteiger partial charge >= 0.3 is 6.03 Å². The van der Waals surface area contributed by atoms with Gasteiger partial charge in [0.05, 0.1) is 11.4 Å². The number of carbonyl (C=O) groups excluding carboxylic acids is 2. The van der Waals surface area contributed by atoms with Crippen LogP contribution in [-0.2, 0) is 14.8 Å². The number of anilines is 2. The summed E-state index contributed by atoms with van der Waals surface area (Å²) in [5.74, 6) is -0.152. The monoisotopic (exact) mass is 455 g/mol. The maximum atomic E-state index is 13.7. The molecule has 0 saturated carbocycles. The lowest BCUT2D eigenvalue weighted by Crippen LogP contribution is -2.55. The number of carbonyl (C=O) groups is 2. The molecule has 2 aromatic carbocycles. The van der Waals surface area contributed by atoms with Gasteiger partial charge in [0.1, 0.15) is 11.4 Å². The molecule has 1 saturated heterocycles. The van der Waals surface area contributed by atoms with Gasteiger partial charge in [-0.15, -0.1) is 0 Å². The summed E-state index contributed by atoms with van der Waals surface area (Å²) >= 11 is 0. The highest BCUT2D eigenvalue weighted by Gasteiger charge is 2.44. The van der Waals surface area contributed by atoms with Gasteiger partial charge in [-0.2, -0.15) is 4.31 Å². The molecule has 170 valence electrons. The molecule has 0 aliphatic carbocycles. The molecular formula is C24H29N3O4S. The lowest BCUT2D eigenvalue weighted by Gasteiger charge is -2.40. The molecule has 4 rings (SSSR count). The second-order valence-corrected chi connectivity index (χ2v) is 10.2. The summed E-state index contributed by atoms with van der Waals surface area (Å²) in [6.07, 6.45) is 3.84. The predicted octanol–water partition coefficient (Wildman–Crippen LogP) is 4.23. The molecular weight excluding hydrogens is 426 g/mol. The molecule has 2 aliphatic heterocycles. The maximum Gasteiger partial charge on any atom is 0.343 e. The van der Waals surface area contributed by atoms with E-state index in [4.69, 9.17) is 0 Å². The highest BCUT2D eigenvalue weighted by molar-refractivity contribution is 7.94. The summed E-state index contributed by atoms with van der Waals surface area (Å²) in [6, 6.07) is 11.2. The van der Waals surface area contributed by atoms with Crippen molar-refractivity contribution >= 4 is 33.3 Å². The first kappa shape index (κ1) is 22.3. The Balaban J connectivity index is 1.79. The molecule has 0 bridgehead atoms. The topological polar surface area (TPSA) is 78.0 Å². The molecule has 1 atom stereocenters. The smallest absolute Gasteiger partial charge is 0.338 e. The number of hydrogen-bond donors (Lipinski definition) is 0. The van der Waals surface area contributed by atoms with Crippen LogP contribution < -0.4 is 9.21 Å². The van der Waals surface area contributed by atoms with Crippen molar-refractivity contribution < 1.29 is 18.0 Å². The Hall–Kier alpha value is -2.87. The van der Waals surface area contributed by atoms with Gasteiger partial charge in [0.25, 0.3) is 10.0 Å². The first-order valence-corrected chi connectivity index (χ1v) is 12.5. The fourth-order valence-electron chi connectivity index (χ4n) is 4.79. The van der Waals surface area contributed by atoms with Crippen LogP contribution in [0, 0.1) is 13.8 Å². The first-order valence-electron chi connectivity index (χ1n) is 11.1. The second-order valence-electron chi connectivity index (χ2n) is 8.49. The Kier molecular flexibility index (Phi) is 5.99. The number of benzene rings is 2. The van der Waals surface area contributed by atoms with Crippen LogP contribution in [0.4, 0.5) is 16.2 Å². The summed E-state index contributed by atoms with van der Waals surface area (Å²) in [5.41, 5.74) is 1.94. The van der Waals surface area contributed by atoms with E-state index in [1.165, 1.54) is 11.0 Å². The standard InChI is InChI=1S/C24H29N3O4S/c1-4-19-12-7-8-15-25(19)22(28)16-26-20-13-5-6-14-21(20)32(30,31)27(24(26)29)23-17(2)10-9-11-18(23)3/h5-6,9-11,13-14,19H,4,7-8,12,15-16H2,1-3H3/t19-/m1/s1. The summed E-state index contributed by atoms with van der Waals surface area (Å²) < 4.78 is 27.9. The van der Waals surface area contributed by atoms with Crippen LogP contribution in [0.5, 0.6) is 0 Å². The number of hydrogen-bond acceptors (Lipinski definition) is 4. The zero-order valence-electron chi connectivity index (χ0n) is 18.7. The number of urea groups is 1. The number of nitrogens with zero attached hydrogens (tertiary/aromatic N) is 3. The zero-order valence-corrected chi connectivity index (χ0v) is 19.6. The van der Waals surface area contributed by atoms with Crippen molar-refractivity contribution in [3.63, 3.8) is 0 Å². The van der Waals surface area contributed by atoms with E-state index in [0.717, 1.165) is 30.0 Å². The third-order valence-corrected chi connectivity index (χ3v) is 8.15. The van der Waals surface area contributed by atoms with Gasteiger partial charge in [0.2, 0.25) is 5.91 Å². The van der Waals surface area contributed by atoms with E-state index in [1.807, 2.05) is 11.0 Å². The Labute approximate surface area is 189 Å². The molecule has 2 heterocycles. The fourth-order valence-corrected chi connectivity index (χ4v) is 6.51. The molecule has 32 heavy (non-hydrogen) atoms. The molecule has 0 spiro atoms. The molecule has 1 fully saturated rings. The molecule has 3 amide bonds. The van der Waals surface area contributed by atoms with Crippen LogP contribution in [0.15, 0.2) is 47.4 Å². The Morgan fingerprint density at radius 1 is 1.03 bits per heavy atom. The van der Waals surface area contributed by atoms with Crippen LogP contribution in [0.25, 0.3) is 0 Å². The number of piperidine rings is 1. The van der Waals surface area contributed by atoms with Crippen molar-refractivity contribution in [2.45, 2.75) is 57.4 Å². The molecule has 8 heteroatoms. The van der Waals surface area contributed by atoms with Gasteiger partial charge in [0, 0.05) is 12.6 Å². The molecule has 0 N–H and O–H groups in total. The maximum absolute atomic E-state index is 13.7. The van der Waals surface area contributed by atoms with Crippen LogP contribution in [-0.4, -0.2) is 44.4 Å². The summed E-state index contributed by atoms with van der Waals surface area (Å²) in [5, 5.41) is 0. The summed E-state index contributed by atoms with van der Waals surface area (Å²) in [6.45, 7) is 6.09. The summed E-state index contributed by atoms with van der Waals surface area (Å²) in [4.78, 5) is 30.2. The average Bonchev–Trinajstić information content (AvgIpc) is 2.78. The number of amides is 3. The van der Waals surface area contributed by atoms with Crippen LogP contribution in [0.2, 0.25) is 0 Å². The third kappa shape index (κ3) is 3.66. The van der Waals surface area contributed by atoms with Crippen molar-refractivity contribution in [3.05, 3.63) is 53.6 Å². The third-order valence-electron chi connectivity index (χ3n) is 6.43. The van der Waals surface area contributed by atoms with E-state index in [2.05, 4.69) is 6.92 Å². The van der Waals surface area contributed by atoms with Gasteiger partial charge in [-0.05, 0) is 62.8 Å². The lowest BCUT2D eigenvalue weighted by molar-refractivity contribution is -0.133. The van der Waals surface area contributed by atoms with E-state index in [1.54, 1.807) is 44.2 Å². The lowest BCUT2D eigenvalue weighted by atomic mass is 10.00. The van der Waals surface area contributed by atoms with Gasteiger partial charge < -0.3 is 4.90 Å². The molecule has 0 aromatic heterocycles. The number of fused-ring (bicyclic) bond motifs is 1. The van der Waals surface area contributed by atoms with Gasteiger partial charge in [0.15, 0.2) is 0 Å². The minimum absolute atomic E-state index is 0.0285. The van der Waals surface area contributed by atoms with Crippen molar-refractivity contribution in [2.75, 3.05) is 22.3 Å². The number of aryl methyl sites for hydroxylation is 2. The summed E-state index contributed by atoms with van der Waals surface area (Å²) in [7, 11) is -4.12. The average molecular weight is 456 g/mol. The molecule has 2 aromatic rings. The molecule has 2 aliphatic rings. The largest absolute Gasteiger partial charge is 0.343 e. The van der Waals surface area contributed by atoms with E-state index in [-0.39, 0.29) is 29.1 Å². The van der Waals surface area contributed by atoms with Crippen LogP contribution >= 0.6 is 0 Å². The molecule has 0 radical (unpaired) electrons. The van der Waals surface area contributed by atoms with Crippen LogP contribution in [0.1, 0.15) is 43.7 Å². The Morgan fingerprint density at radius 2 is 1.72 bits per heavy atom. The first-order chi connectivity index (χ1) is 15.3. The molecule has 7 nitrogen and oxygen atoms in total. The fraction of sp³-hybridized carbons (Fsp3) is 0.417. The van der Waals surface area contributed by atoms with E-state index < -0.39 is 16.1 Å². The van der Waals surface area contributed by atoms with Gasteiger partial charge in [-0.3, -0.25) is 9.69 Å². The Bertz CT molecular complexity index is 1140. The number of rotatable bonds is 4. The highest BCUT2D eigenvalue weighted by Crippen LogP contribution is 2.39. The van der Waals surface area contributed by atoms with E-state index in [9.17, 15) is 18.0 Å². The van der Waals surface area contributed by atoms with Gasteiger partial charge in [-0.25, -0.2) is 13.2 Å². The predicted molar refractivity (Wildman–Crippen MR) is 124 cm³/mol. The Morgan fingerprint density at radius 3 is 2.41 bits per heavy atom. The SMILES string of the molecule is CC[C@@H]1CCCCN1C(=O)CN1C(=O)N(c2c(C)cccc2C)S(=O)(=O)c2ccccc21. The number of likely N-dealkylation sites (tertiary alicyclic amines) is 1. The van der Waals surface area contributed by atoms with E-state index >= 15 is 0 Å². The minimum atomic E-state index is -4.12.